The number of rotatable bonds is 4. The lowest BCUT2D eigenvalue weighted by Gasteiger charge is -2.25. The topological polar surface area (TPSA) is 65.5 Å². The molecule has 3 rings (SSSR count). The van der Waals surface area contributed by atoms with Gasteiger partial charge in [-0.1, -0.05) is 12.1 Å². The largest absolute Gasteiger partial charge is 0.486 e. The van der Waals surface area contributed by atoms with Crippen LogP contribution in [-0.4, -0.2) is 37.3 Å². The lowest BCUT2D eigenvalue weighted by atomic mass is 10.0. The highest BCUT2D eigenvalue weighted by Crippen LogP contribution is 2.39. The lowest BCUT2D eigenvalue weighted by molar-refractivity contribution is 0.169. The summed E-state index contributed by atoms with van der Waals surface area (Å²) in [5.41, 5.74) is 1.67. The second-order valence-corrected chi connectivity index (χ2v) is 4.54. The van der Waals surface area contributed by atoms with E-state index in [9.17, 15) is 0 Å². The molecule has 6 nitrogen and oxygen atoms in total. The Morgan fingerprint density at radius 2 is 2.00 bits per heavy atom. The molecule has 1 unspecified atom stereocenters. The summed E-state index contributed by atoms with van der Waals surface area (Å²) in [6, 6.07) is 5.64. The molecule has 2 aromatic rings. The number of hydrogen-bond donors (Lipinski definition) is 1. The Hall–Kier alpha value is -2.34. The zero-order valence-electron chi connectivity index (χ0n) is 12.0. The first kappa shape index (κ1) is 13.6. The van der Waals surface area contributed by atoms with Crippen molar-refractivity contribution in [1.29, 1.82) is 0 Å². The molecule has 6 heteroatoms. The summed E-state index contributed by atoms with van der Waals surface area (Å²) in [4.78, 5) is 8.61. The Bertz CT molecular complexity index is 633. The average Bonchev–Trinajstić information content (AvgIpc) is 2.56. The smallest absolute Gasteiger partial charge is 0.237 e. The second kappa shape index (κ2) is 5.97. The van der Waals surface area contributed by atoms with Crippen LogP contribution in [0.15, 0.2) is 30.6 Å². The molecule has 2 heterocycles. The highest BCUT2D eigenvalue weighted by molar-refractivity contribution is 5.51. The molecule has 0 bridgehead atoms. The van der Waals surface area contributed by atoms with Gasteiger partial charge in [0.25, 0.3) is 0 Å². The number of methoxy groups -OCH3 is 1. The van der Waals surface area contributed by atoms with Crippen molar-refractivity contribution in [3.05, 3.63) is 41.9 Å². The number of fused-ring (bicyclic) bond motifs is 1. The van der Waals surface area contributed by atoms with Gasteiger partial charge in [0.2, 0.25) is 5.88 Å². The number of nitrogens with zero attached hydrogens (tertiary/aromatic N) is 2. The summed E-state index contributed by atoms with van der Waals surface area (Å²) in [5, 5.41) is 3.24. The molecule has 0 fully saturated rings. The first-order chi connectivity index (χ1) is 10.3. The molecule has 1 N–H and O–H groups in total. The Balaban J connectivity index is 2.08. The van der Waals surface area contributed by atoms with Crippen LogP contribution in [0, 0.1) is 0 Å². The standard InChI is InChI=1S/C15H17N3O3/c1-16-12(13-15(19-2)18-7-6-17-13)10-4-3-5-11-14(10)21-9-8-20-11/h3-7,12,16H,8-9H2,1-2H3. The zero-order valence-corrected chi connectivity index (χ0v) is 12.0. The van der Waals surface area contributed by atoms with Crippen molar-refractivity contribution in [3.63, 3.8) is 0 Å². The van der Waals surface area contributed by atoms with Crippen molar-refractivity contribution in [3.8, 4) is 17.4 Å². The minimum absolute atomic E-state index is 0.190. The highest BCUT2D eigenvalue weighted by Gasteiger charge is 2.25. The van der Waals surface area contributed by atoms with Crippen LogP contribution in [0.3, 0.4) is 0 Å². The van der Waals surface area contributed by atoms with E-state index in [2.05, 4.69) is 15.3 Å². The van der Waals surface area contributed by atoms with Crippen molar-refractivity contribution < 1.29 is 14.2 Å². The number of ether oxygens (including phenoxy) is 3. The number of nitrogens with one attached hydrogen (secondary N) is 1. The molecule has 1 atom stereocenters. The third-order valence-electron chi connectivity index (χ3n) is 3.35. The number of para-hydroxylation sites is 1. The molecule has 0 aliphatic carbocycles. The minimum atomic E-state index is -0.190. The van der Waals surface area contributed by atoms with Crippen molar-refractivity contribution in [2.24, 2.45) is 0 Å². The summed E-state index contributed by atoms with van der Waals surface area (Å²) in [6.07, 6.45) is 3.25. The third-order valence-corrected chi connectivity index (χ3v) is 3.35. The zero-order chi connectivity index (χ0) is 14.7. The SMILES string of the molecule is CNC(c1cccc2c1OCCO2)c1nccnc1OC. The fraction of sp³-hybridized carbons (Fsp3) is 0.333. The molecule has 0 saturated carbocycles. The van der Waals surface area contributed by atoms with Crippen LogP contribution in [0.2, 0.25) is 0 Å². The molecule has 1 aliphatic rings. The average molecular weight is 287 g/mol. The van der Waals surface area contributed by atoms with E-state index < -0.39 is 0 Å². The Morgan fingerprint density at radius 3 is 2.81 bits per heavy atom. The number of benzene rings is 1. The quantitative estimate of drug-likeness (QED) is 0.920. The number of hydrogen-bond acceptors (Lipinski definition) is 6. The first-order valence-electron chi connectivity index (χ1n) is 6.75. The minimum Gasteiger partial charge on any atom is -0.486 e. The normalized spacial score (nSPS) is 14.6. The summed E-state index contributed by atoms with van der Waals surface area (Å²) in [7, 11) is 3.45. The molecule has 1 aromatic carbocycles. The molecule has 0 spiro atoms. The molecule has 1 aliphatic heterocycles. The second-order valence-electron chi connectivity index (χ2n) is 4.54. The van der Waals surface area contributed by atoms with Gasteiger partial charge in [-0.2, -0.15) is 0 Å². The van der Waals surface area contributed by atoms with Gasteiger partial charge in [-0.3, -0.25) is 4.98 Å². The molecule has 110 valence electrons. The van der Waals surface area contributed by atoms with Crippen LogP contribution in [0.4, 0.5) is 0 Å². The Labute approximate surface area is 123 Å². The van der Waals surface area contributed by atoms with E-state index in [0.717, 1.165) is 17.1 Å². The fourth-order valence-electron chi connectivity index (χ4n) is 2.45. The molecular formula is C15H17N3O3. The van der Waals surface area contributed by atoms with Gasteiger partial charge < -0.3 is 19.5 Å². The molecule has 21 heavy (non-hydrogen) atoms. The van der Waals surface area contributed by atoms with E-state index in [0.29, 0.717) is 24.8 Å². The van der Waals surface area contributed by atoms with Crippen LogP contribution in [0.5, 0.6) is 17.4 Å². The van der Waals surface area contributed by atoms with Crippen molar-refractivity contribution in [2.75, 3.05) is 27.4 Å². The lowest BCUT2D eigenvalue weighted by Crippen LogP contribution is -2.23. The summed E-state index contributed by atoms with van der Waals surface area (Å²) < 4.78 is 16.7. The van der Waals surface area contributed by atoms with Crippen LogP contribution >= 0.6 is 0 Å². The maximum atomic E-state index is 5.78. The van der Waals surface area contributed by atoms with Gasteiger partial charge in [0.05, 0.1) is 13.2 Å². The Kier molecular flexibility index (Phi) is 3.87. The fourth-order valence-corrected chi connectivity index (χ4v) is 2.45. The predicted octanol–water partition coefficient (Wildman–Crippen LogP) is 1.57. The van der Waals surface area contributed by atoms with E-state index >= 15 is 0 Å². The first-order valence-corrected chi connectivity index (χ1v) is 6.75. The maximum Gasteiger partial charge on any atom is 0.237 e. The van der Waals surface area contributed by atoms with Gasteiger partial charge in [0, 0.05) is 18.0 Å². The molecular weight excluding hydrogens is 270 g/mol. The number of aromatic nitrogens is 2. The molecule has 1 aromatic heterocycles. The van der Waals surface area contributed by atoms with Crippen LogP contribution in [0.1, 0.15) is 17.3 Å². The molecule has 0 radical (unpaired) electrons. The van der Waals surface area contributed by atoms with E-state index in [1.54, 1.807) is 19.5 Å². The summed E-state index contributed by atoms with van der Waals surface area (Å²) >= 11 is 0. The monoisotopic (exact) mass is 287 g/mol. The van der Waals surface area contributed by atoms with Crippen molar-refractivity contribution in [2.45, 2.75) is 6.04 Å². The van der Waals surface area contributed by atoms with Gasteiger partial charge in [-0.25, -0.2) is 4.98 Å². The van der Waals surface area contributed by atoms with E-state index in [-0.39, 0.29) is 6.04 Å². The van der Waals surface area contributed by atoms with E-state index in [1.807, 2.05) is 25.2 Å². The summed E-state index contributed by atoms with van der Waals surface area (Å²) in [6.45, 7) is 1.10. The van der Waals surface area contributed by atoms with Crippen LogP contribution in [0.25, 0.3) is 0 Å². The highest BCUT2D eigenvalue weighted by atomic mass is 16.6. The van der Waals surface area contributed by atoms with Gasteiger partial charge >= 0.3 is 0 Å². The Morgan fingerprint density at radius 1 is 1.19 bits per heavy atom. The molecule has 0 amide bonds. The predicted molar refractivity (Wildman–Crippen MR) is 76.9 cm³/mol. The van der Waals surface area contributed by atoms with Crippen molar-refractivity contribution >= 4 is 0 Å². The van der Waals surface area contributed by atoms with Crippen molar-refractivity contribution in [1.82, 2.24) is 15.3 Å². The van der Waals surface area contributed by atoms with Crippen LogP contribution in [-0.2, 0) is 0 Å². The van der Waals surface area contributed by atoms with E-state index in [4.69, 9.17) is 14.2 Å². The van der Waals surface area contributed by atoms with Gasteiger partial charge in [-0.15, -0.1) is 0 Å². The van der Waals surface area contributed by atoms with Gasteiger partial charge in [-0.05, 0) is 13.1 Å². The summed E-state index contributed by atoms with van der Waals surface area (Å²) in [5.74, 6) is 1.99. The van der Waals surface area contributed by atoms with E-state index in [1.165, 1.54) is 0 Å². The van der Waals surface area contributed by atoms with Gasteiger partial charge in [0.1, 0.15) is 18.9 Å². The maximum absolute atomic E-state index is 5.78. The molecule has 0 saturated heterocycles. The van der Waals surface area contributed by atoms with Crippen LogP contribution < -0.4 is 19.5 Å². The third kappa shape index (κ3) is 2.50. The van der Waals surface area contributed by atoms with Gasteiger partial charge in [0.15, 0.2) is 11.5 Å².